The molecular formula is C13H12BrN3O2. The normalized spacial score (nSPS) is 10.2. The Hall–Kier alpha value is -1.95. The van der Waals surface area contributed by atoms with Crippen molar-refractivity contribution in [3.8, 4) is 0 Å². The predicted octanol–water partition coefficient (Wildman–Crippen LogP) is 3.24. The van der Waals surface area contributed by atoms with E-state index >= 15 is 0 Å². The van der Waals surface area contributed by atoms with Crippen LogP contribution in [0.5, 0.6) is 0 Å². The second-order valence-electron chi connectivity index (χ2n) is 3.89. The Morgan fingerprint density at radius 2 is 2.11 bits per heavy atom. The highest BCUT2D eigenvalue weighted by Gasteiger charge is 2.07. The topological polar surface area (TPSA) is 75.1 Å². The van der Waals surface area contributed by atoms with Gasteiger partial charge in [-0.25, -0.2) is 4.79 Å². The van der Waals surface area contributed by atoms with Gasteiger partial charge in [0.2, 0.25) is 0 Å². The van der Waals surface area contributed by atoms with Crippen LogP contribution in [0.15, 0.2) is 34.8 Å². The fraction of sp³-hybridized carbons (Fsp3) is 0.154. The Morgan fingerprint density at radius 1 is 1.32 bits per heavy atom. The van der Waals surface area contributed by atoms with Gasteiger partial charge in [-0.2, -0.15) is 0 Å². The summed E-state index contributed by atoms with van der Waals surface area (Å²) in [5, 5.41) is 19.3. The number of hydrogen-bond acceptors (Lipinski definition) is 4. The van der Waals surface area contributed by atoms with Crippen LogP contribution in [0, 0.1) is 0 Å². The minimum atomic E-state index is -1.09. The molecule has 1 aromatic carbocycles. The smallest absolute Gasteiger partial charge is 0.356 e. The number of nitrogens with one attached hydrogen (secondary N) is 1. The molecule has 2 N–H and O–H groups in total. The Morgan fingerprint density at radius 3 is 2.68 bits per heavy atom. The third-order valence-corrected chi connectivity index (χ3v) is 3.09. The standard InChI is InChI=1S/C13H12BrN3O2/c1-2-8-7-9(14)3-4-10(8)15-12-6-5-11(13(18)19)16-17-12/h3-7H,2H2,1H3,(H,15,17)(H,18,19). The van der Waals surface area contributed by atoms with Crippen molar-refractivity contribution < 1.29 is 9.90 Å². The first-order chi connectivity index (χ1) is 9.10. The van der Waals surface area contributed by atoms with Crippen molar-refractivity contribution >= 4 is 33.4 Å². The van der Waals surface area contributed by atoms with Crippen LogP contribution in [0.1, 0.15) is 23.0 Å². The minimum absolute atomic E-state index is 0.0722. The summed E-state index contributed by atoms with van der Waals surface area (Å²) in [6, 6.07) is 8.91. The average molecular weight is 322 g/mol. The summed E-state index contributed by atoms with van der Waals surface area (Å²) in [5.41, 5.74) is 2.00. The quantitative estimate of drug-likeness (QED) is 0.904. The molecule has 0 saturated carbocycles. The second-order valence-corrected chi connectivity index (χ2v) is 4.80. The van der Waals surface area contributed by atoms with Crippen LogP contribution in [0.3, 0.4) is 0 Å². The minimum Gasteiger partial charge on any atom is -0.476 e. The van der Waals surface area contributed by atoms with Gasteiger partial charge < -0.3 is 10.4 Å². The van der Waals surface area contributed by atoms with Gasteiger partial charge in [-0.15, -0.1) is 10.2 Å². The third-order valence-electron chi connectivity index (χ3n) is 2.59. The Labute approximate surface area is 118 Å². The number of aryl methyl sites for hydroxylation is 1. The van der Waals surface area contributed by atoms with Crippen molar-refractivity contribution in [3.05, 3.63) is 46.1 Å². The summed E-state index contributed by atoms with van der Waals surface area (Å²) in [7, 11) is 0. The molecule has 0 fully saturated rings. The van der Waals surface area contributed by atoms with Gasteiger partial charge >= 0.3 is 5.97 Å². The lowest BCUT2D eigenvalue weighted by Crippen LogP contribution is -2.04. The number of carboxylic acids is 1. The van der Waals surface area contributed by atoms with Crippen molar-refractivity contribution in [2.24, 2.45) is 0 Å². The van der Waals surface area contributed by atoms with Crippen LogP contribution >= 0.6 is 15.9 Å². The van der Waals surface area contributed by atoms with Gasteiger partial charge in [0.1, 0.15) is 0 Å². The molecule has 0 saturated heterocycles. The first-order valence-electron chi connectivity index (χ1n) is 5.72. The lowest BCUT2D eigenvalue weighted by molar-refractivity contribution is 0.0689. The monoisotopic (exact) mass is 321 g/mol. The number of anilines is 2. The molecule has 1 aromatic heterocycles. The zero-order chi connectivity index (χ0) is 13.8. The largest absolute Gasteiger partial charge is 0.476 e. The first-order valence-corrected chi connectivity index (χ1v) is 6.52. The zero-order valence-electron chi connectivity index (χ0n) is 10.2. The van der Waals surface area contributed by atoms with Crippen LogP contribution in [0.2, 0.25) is 0 Å². The highest BCUT2D eigenvalue weighted by molar-refractivity contribution is 9.10. The summed E-state index contributed by atoms with van der Waals surface area (Å²) < 4.78 is 1.02. The van der Waals surface area contributed by atoms with E-state index in [0.717, 1.165) is 22.1 Å². The van der Waals surface area contributed by atoms with E-state index in [2.05, 4.69) is 38.4 Å². The highest BCUT2D eigenvalue weighted by atomic mass is 79.9. The van der Waals surface area contributed by atoms with Crippen LogP contribution < -0.4 is 5.32 Å². The van der Waals surface area contributed by atoms with E-state index in [4.69, 9.17) is 5.11 Å². The number of hydrogen-bond donors (Lipinski definition) is 2. The van der Waals surface area contributed by atoms with Gasteiger partial charge in [0.05, 0.1) is 0 Å². The second kappa shape index (κ2) is 5.79. The average Bonchev–Trinajstić information content (AvgIpc) is 2.41. The molecule has 5 nitrogen and oxygen atoms in total. The molecule has 19 heavy (non-hydrogen) atoms. The number of halogens is 1. The number of aromatic nitrogens is 2. The lowest BCUT2D eigenvalue weighted by atomic mass is 10.1. The molecule has 0 aliphatic carbocycles. The number of rotatable bonds is 4. The van der Waals surface area contributed by atoms with Gasteiger partial charge in [-0.3, -0.25) is 0 Å². The molecule has 2 rings (SSSR count). The highest BCUT2D eigenvalue weighted by Crippen LogP contribution is 2.24. The fourth-order valence-electron chi connectivity index (χ4n) is 1.63. The molecule has 98 valence electrons. The molecule has 0 bridgehead atoms. The SMILES string of the molecule is CCc1cc(Br)ccc1Nc1ccc(C(=O)O)nn1. The maximum absolute atomic E-state index is 10.7. The third kappa shape index (κ3) is 3.29. The van der Waals surface area contributed by atoms with Gasteiger partial charge in [0, 0.05) is 10.2 Å². The maximum Gasteiger partial charge on any atom is 0.356 e. The van der Waals surface area contributed by atoms with E-state index in [1.807, 2.05) is 18.2 Å². The summed E-state index contributed by atoms with van der Waals surface area (Å²) in [6.45, 7) is 2.06. The van der Waals surface area contributed by atoms with Crippen molar-refractivity contribution in [3.63, 3.8) is 0 Å². The molecule has 2 aromatic rings. The van der Waals surface area contributed by atoms with Crippen molar-refractivity contribution in [2.75, 3.05) is 5.32 Å². The summed E-state index contributed by atoms with van der Waals surface area (Å²) >= 11 is 3.43. The van der Waals surface area contributed by atoms with E-state index in [1.54, 1.807) is 6.07 Å². The van der Waals surface area contributed by atoms with E-state index in [1.165, 1.54) is 6.07 Å². The van der Waals surface area contributed by atoms with E-state index < -0.39 is 5.97 Å². The Bertz CT molecular complexity index is 599. The zero-order valence-corrected chi connectivity index (χ0v) is 11.8. The molecule has 0 aliphatic rings. The van der Waals surface area contributed by atoms with Crippen LogP contribution in [0.25, 0.3) is 0 Å². The van der Waals surface area contributed by atoms with Crippen LogP contribution in [-0.2, 0) is 6.42 Å². The summed E-state index contributed by atoms with van der Waals surface area (Å²) in [5.74, 6) is -0.570. The Balaban J connectivity index is 2.23. The molecule has 0 unspecified atom stereocenters. The number of nitrogens with zero attached hydrogens (tertiary/aromatic N) is 2. The van der Waals surface area contributed by atoms with E-state index in [0.29, 0.717) is 5.82 Å². The summed E-state index contributed by atoms with van der Waals surface area (Å²) in [6.07, 6.45) is 0.877. The number of carboxylic acid groups (broad SMARTS) is 1. The number of carbonyl (C=O) groups is 1. The lowest BCUT2D eigenvalue weighted by Gasteiger charge is -2.10. The summed E-state index contributed by atoms with van der Waals surface area (Å²) in [4.78, 5) is 10.7. The molecule has 1 heterocycles. The predicted molar refractivity (Wildman–Crippen MR) is 75.8 cm³/mol. The van der Waals surface area contributed by atoms with Gasteiger partial charge in [0.25, 0.3) is 0 Å². The fourth-order valence-corrected chi connectivity index (χ4v) is 2.04. The Kier molecular flexibility index (Phi) is 4.11. The molecule has 0 spiro atoms. The molecule has 0 aliphatic heterocycles. The molecule has 6 heteroatoms. The molecular weight excluding hydrogens is 310 g/mol. The van der Waals surface area contributed by atoms with E-state index in [-0.39, 0.29) is 5.69 Å². The van der Waals surface area contributed by atoms with Gasteiger partial charge in [-0.1, -0.05) is 22.9 Å². The van der Waals surface area contributed by atoms with Crippen LogP contribution in [0.4, 0.5) is 11.5 Å². The maximum atomic E-state index is 10.7. The van der Waals surface area contributed by atoms with Crippen LogP contribution in [-0.4, -0.2) is 21.3 Å². The number of aromatic carboxylic acids is 1. The van der Waals surface area contributed by atoms with Gasteiger partial charge in [-0.05, 0) is 42.3 Å². The molecule has 0 amide bonds. The number of benzene rings is 1. The molecule has 0 radical (unpaired) electrons. The van der Waals surface area contributed by atoms with Crippen molar-refractivity contribution in [1.29, 1.82) is 0 Å². The van der Waals surface area contributed by atoms with Crippen molar-refractivity contribution in [1.82, 2.24) is 10.2 Å². The van der Waals surface area contributed by atoms with E-state index in [9.17, 15) is 4.79 Å². The molecule has 0 atom stereocenters. The van der Waals surface area contributed by atoms with Gasteiger partial charge in [0.15, 0.2) is 11.5 Å². The first kappa shape index (κ1) is 13.5. The van der Waals surface area contributed by atoms with Crippen molar-refractivity contribution in [2.45, 2.75) is 13.3 Å².